The van der Waals surface area contributed by atoms with E-state index in [2.05, 4.69) is 16.1 Å². The van der Waals surface area contributed by atoms with Crippen LogP contribution in [0.1, 0.15) is 36.9 Å². The third kappa shape index (κ3) is 4.79. The zero-order valence-corrected chi connectivity index (χ0v) is 24.0. The second kappa shape index (κ2) is 10.5. The number of aromatic nitrogens is 5. The SMILES string of the molecule is Cc1cc(-c2nn(-c3ccccc3)cc2/C=c2\sc3nc(C4COc5ccccc5O4)nn3c2=O)ccc1OC(C)C. The molecule has 1 aliphatic heterocycles. The van der Waals surface area contributed by atoms with Gasteiger partial charge in [0.15, 0.2) is 23.4 Å². The summed E-state index contributed by atoms with van der Waals surface area (Å²) in [5.41, 5.74) is 4.16. The molecule has 6 aromatic rings. The van der Waals surface area contributed by atoms with Crippen LogP contribution in [0.2, 0.25) is 0 Å². The minimum Gasteiger partial charge on any atom is -0.491 e. The smallest absolute Gasteiger partial charge is 0.291 e. The van der Waals surface area contributed by atoms with Crippen LogP contribution in [0.3, 0.4) is 0 Å². The number of para-hydroxylation sites is 3. The maximum Gasteiger partial charge on any atom is 0.291 e. The van der Waals surface area contributed by atoms with Gasteiger partial charge in [-0.05, 0) is 74.9 Å². The second-order valence-electron chi connectivity index (χ2n) is 10.3. The quantitative estimate of drug-likeness (QED) is 0.270. The van der Waals surface area contributed by atoms with Gasteiger partial charge in [0, 0.05) is 17.3 Å². The fraction of sp³-hybridized carbons (Fsp3) is 0.188. The van der Waals surface area contributed by atoms with Crippen LogP contribution >= 0.6 is 11.3 Å². The number of hydrogen-bond acceptors (Lipinski definition) is 8. The van der Waals surface area contributed by atoms with Crippen molar-refractivity contribution in [2.24, 2.45) is 0 Å². The lowest BCUT2D eigenvalue weighted by Gasteiger charge is -2.24. The Kier molecular flexibility index (Phi) is 6.47. The molecule has 0 spiro atoms. The zero-order valence-electron chi connectivity index (χ0n) is 23.2. The Hall–Kier alpha value is -4.96. The molecule has 0 saturated heterocycles. The molecule has 42 heavy (non-hydrogen) atoms. The highest BCUT2D eigenvalue weighted by molar-refractivity contribution is 7.15. The van der Waals surface area contributed by atoms with Crippen LogP contribution in [0.15, 0.2) is 83.8 Å². The lowest BCUT2D eigenvalue weighted by Crippen LogP contribution is -2.26. The van der Waals surface area contributed by atoms with Crippen molar-refractivity contribution in [3.05, 3.63) is 111 Å². The summed E-state index contributed by atoms with van der Waals surface area (Å²) >= 11 is 1.28. The summed E-state index contributed by atoms with van der Waals surface area (Å²) in [6.07, 6.45) is 3.37. The molecule has 3 aromatic carbocycles. The number of aryl methyl sites for hydroxylation is 1. The van der Waals surface area contributed by atoms with Crippen LogP contribution in [0.4, 0.5) is 0 Å². The van der Waals surface area contributed by atoms with Crippen molar-refractivity contribution in [1.29, 1.82) is 0 Å². The summed E-state index contributed by atoms with van der Waals surface area (Å²) in [6.45, 7) is 6.30. The number of thiazole rings is 1. The van der Waals surface area contributed by atoms with E-state index in [1.54, 1.807) is 0 Å². The minimum absolute atomic E-state index is 0.0751. The van der Waals surface area contributed by atoms with Crippen molar-refractivity contribution in [1.82, 2.24) is 24.4 Å². The Morgan fingerprint density at radius 1 is 1.02 bits per heavy atom. The van der Waals surface area contributed by atoms with E-state index in [1.807, 2.05) is 104 Å². The highest BCUT2D eigenvalue weighted by atomic mass is 32.1. The maximum absolute atomic E-state index is 13.5. The molecule has 210 valence electrons. The summed E-state index contributed by atoms with van der Waals surface area (Å²) < 4.78 is 21.5. The molecule has 1 atom stereocenters. The molecule has 3 aromatic heterocycles. The standard InChI is InChI=1S/C32H27N5O4S/c1-19(2)40-24-14-13-21(15-20(24)3)29-22(17-36(34-29)23-9-5-4-6-10-23)16-28-31(38)37-32(42-28)33-30(35-37)27-18-39-25-11-7-8-12-26(25)41-27/h4-17,19,27H,18H2,1-3H3/b28-16-. The third-order valence-corrected chi connectivity index (χ3v) is 7.81. The molecule has 0 amide bonds. The van der Waals surface area contributed by atoms with Gasteiger partial charge in [-0.2, -0.15) is 14.6 Å². The lowest BCUT2D eigenvalue weighted by atomic mass is 10.0. The van der Waals surface area contributed by atoms with Crippen molar-refractivity contribution in [3.63, 3.8) is 0 Å². The van der Waals surface area contributed by atoms with Gasteiger partial charge in [0.1, 0.15) is 18.1 Å². The van der Waals surface area contributed by atoms with Crippen LogP contribution in [0.25, 0.3) is 28.0 Å². The third-order valence-electron chi connectivity index (χ3n) is 6.86. The number of ether oxygens (including phenoxy) is 3. The predicted molar refractivity (Wildman–Crippen MR) is 161 cm³/mol. The first kappa shape index (κ1) is 26.0. The molecule has 0 aliphatic carbocycles. The average molecular weight is 578 g/mol. The van der Waals surface area contributed by atoms with Gasteiger partial charge < -0.3 is 14.2 Å². The summed E-state index contributed by atoms with van der Waals surface area (Å²) in [5, 5.41) is 9.42. The number of fused-ring (bicyclic) bond motifs is 2. The first-order valence-corrected chi connectivity index (χ1v) is 14.5. The molecule has 0 bridgehead atoms. The molecule has 0 saturated carbocycles. The van der Waals surface area contributed by atoms with E-state index < -0.39 is 6.10 Å². The molecule has 9 nitrogen and oxygen atoms in total. The fourth-order valence-electron chi connectivity index (χ4n) is 4.89. The first-order chi connectivity index (χ1) is 20.4. The molecule has 1 aliphatic rings. The summed E-state index contributed by atoms with van der Waals surface area (Å²) in [4.78, 5) is 18.6. The monoisotopic (exact) mass is 577 g/mol. The van der Waals surface area contributed by atoms with Crippen molar-refractivity contribution >= 4 is 22.4 Å². The van der Waals surface area contributed by atoms with E-state index in [-0.39, 0.29) is 18.3 Å². The highest BCUT2D eigenvalue weighted by Crippen LogP contribution is 2.35. The van der Waals surface area contributed by atoms with Gasteiger partial charge in [0.05, 0.1) is 16.3 Å². The van der Waals surface area contributed by atoms with Crippen LogP contribution in [-0.2, 0) is 0 Å². The Balaban J connectivity index is 1.28. The van der Waals surface area contributed by atoms with Gasteiger partial charge in [-0.25, -0.2) is 4.68 Å². The Morgan fingerprint density at radius 3 is 2.57 bits per heavy atom. The van der Waals surface area contributed by atoms with E-state index in [0.29, 0.717) is 26.8 Å². The number of benzene rings is 3. The highest BCUT2D eigenvalue weighted by Gasteiger charge is 2.27. The van der Waals surface area contributed by atoms with Crippen LogP contribution in [-0.4, -0.2) is 37.1 Å². The van der Waals surface area contributed by atoms with Crippen molar-refractivity contribution in [2.75, 3.05) is 6.61 Å². The molecule has 7 rings (SSSR count). The topological polar surface area (TPSA) is 92.8 Å². The summed E-state index contributed by atoms with van der Waals surface area (Å²) in [5.74, 6) is 2.56. The molecule has 10 heteroatoms. The van der Waals surface area contributed by atoms with Crippen molar-refractivity contribution in [2.45, 2.75) is 33.0 Å². The van der Waals surface area contributed by atoms with Crippen LogP contribution in [0, 0.1) is 6.92 Å². The number of hydrogen-bond donors (Lipinski definition) is 0. The van der Waals surface area contributed by atoms with Crippen LogP contribution < -0.4 is 24.3 Å². The van der Waals surface area contributed by atoms with E-state index in [1.165, 1.54) is 15.9 Å². The maximum atomic E-state index is 13.5. The van der Waals surface area contributed by atoms with Crippen molar-refractivity contribution in [3.8, 4) is 34.2 Å². The number of rotatable bonds is 6. The minimum atomic E-state index is -0.500. The molecule has 1 unspecified atom stereocenters. The number of nitrogens with zero attached hydrogens (tertiary/aromatic N) is 5. The Bertz CT molecular complexity index is 2030. The Morgan fingerprint density at radius 2 is 1.81 bits per heavy atom. The molecule has 0 fully saturated rings. The molecule has 4 heterocycles. The predicted octanol–water partition coefficient (Wildman–Crippen LogP) is 5.16. The normalized spacial score (nSPS) is 15.0. The molecule has 0 radical (unpaired) electrons. The van der Waals surface area contributed by atoms with Gasteiger partial charge in [-0.1, -0.05) is 41.7 Å². The summed E-state index contributed by atoms with van der Waals surface area (Å²) in [6, 6.07) is 23.4. The van der Waals surface area contributed by atoms with Gasteiger partial charge in [-0.3, -0.25) is 4.79 Å². The van der Waals surface area contributed by atoms with E-state index in [9.17, 15) is 4.79 Å². The second-order valence-corrected chi connectivity index (χ2v) is 11.3. The van der Waals surface area contributed by atoms with Gasteiger partial charge in [0.2, 0.25) is 4.96 Å². The van der Waals surface area contributed by atoms with Crippen LogP contribution in [0.5, 0.6) is 17.2 Å². The van der Waals surface area contributed by atoms with Gasteiger partial charge in [-0.15, -0.1) is 5.10 Å². The van der Waals surface area contributed by atoms with Gasteiger partial charge >= 0.3 is 0 Å². The largest absolute Gasteiger partial charge is 0.491 e. The fourth-order valence-corrected chi connectivity index (χ4v) is 5.79. The molecular weight excluding hydrogens is 550 g/mol. The summed E-state index contributed by atoms with van der Waals surface area (Å²) in [7, 11) is 0. The lowest BCUT2D eigenvalue weighted by molar-refractivity contribution is 0.0852. The van der Waals surface area contributed by atoms with E-state index in [4.69, 9.17) is 19.3 Å². The Labute approximate surface area is 245 Å². The first-order valence-electron chi connectivity index (χ1n) is 13.7. The van der Waals surface area contributed by atoms with E-state index >= 15 is 0 Å². The molecule has 0 N–H and O–H groups in total. The zero-order chi connectivity index (χ0) is 28.8. The average Bonchev–Trinajstić information content (AvgIpc) is 3.69. The molecular formula is C32H27N5O4S. The van der Waals surface area contributed by atoms with Gasteiger partial charge in [0.25, 0.3) is 5.56 Å². The van der Waals surface area contributed by atoms with E-state index in [0.717, 1.165) is 33.8 Å². The van der Waals surface area contributed by atoms with Crippen molar-refractivity contribution < 1.29 is 14.2 Å².